The first-order valence-electron chi connectivity index (χ1n) is 6.72. The average Bonchev–Trinajstić information content (AvgIpc) is 2.57. The molecule has 2 rings (SSSR count). The molecule has 2 N–H and O–H groups in total. The maximum absolute atomic E-state index is 10.5. The number of thiocarbonyl (C=S) groups is 1. The highest BCUT2D eigenvalue weighted by Crippen LogP contribution is 2.08. The minimum atomic E-state index is -0.855. The minimum Gasteiger partial charge on any atom is -0.481 e. The Balaban J connectivity index is 2.12. The van der Waals surface area contributed by atoms with E-state index in [1.807, 2.05) is 36.4 Å². The van der Waals surface area contributed by atoms with Gasteiger partial charge in [0.2, 0.25) is 0 Å². The summed E-state index contributed by atoms with van der Waals surface area (Å²) in [6, 6.07) is 11.0. The zero-order chi connectivity index (χ0) is 16.5. The van der Waals surface area contributed by atoms with Crippen molar-refractivity contribution >= 4 is 40.0 Å². The standard InChI is InChI=1S/C15H14N4O2S2/c20-13(21)7-10-23-15(22)19-18-14(11-5-1-3-8-16-11)12-6-2-4-9-17-12/h1-6,8-9H,7,10H2,(H,19,22)(H,20,21). The van der Waals surface area contributed by atoms with Gasteiger partial charge in [0.15, 0.2) is 4.32 Å². The lowest BCUT2D eigenvalue weighted by molar-refractivity contribution is -0.136. The van der Waals surface area contributed by atoms with E-state index in [-0.39, 0.29) is 6.42 Å². The van der Waals surface area contributed by atoms with E-state index in [9.17, 15) is 4.79 Å². The summed E-state index contributed by atoms with van der Waals surface area (Å²) in [5, 5.41) is 12.9. The fourth-order valence-corrected chi connectivity index (χ4v) is 2.48. The van der Waals surface area contributed by atoms with Crippen molar-refractivity contribution in [3.63, 3.8) is 0 Å². The van der Waals surface area contributed by atoms with Crippen LogP contribution in [0.3, 0.4) is 0 Å². The molecule has 0 radical (unpaired) electrons. The Labute approximate surface area is 143 Å². The largest absolute Gasteiger partial charge is 0.481 e. The number of hydrazone groups is 1. The van der Waals surface area contributed by atoms with Crippen LogP contribution in [0.5, 0.6) is 0 Å². The van der Waals surface area contributed by atoms with Gasteiger partial charge in [-0.05, 0) is 24.3 Å². The summed E-state index contributed by atoms with van der Waals surface area (Å²) in [5.41, 5.74) is 4.65. The lowest BCUT2D eigenvalue weighted by Crippen LogP contribution is -2.18. The van der Waals surface area contributed by atoms with Crippen LogP contribution < -0.4 is 5.43 Å². The summed E-state index contributed by atoms with van der Waals surface area (Å²) >= 11 is 6.36. The Hall–Kier alpha value is -2.32. The smallest absolute Gasteiger partial charge is 0.304 e. The predicted molar refractivity (Wildman–Crippen MR) is 94.6 cm³/mol. The van der Waals surface area contributed by atoms with Crippen molar-refractivity contribution in [2.45, 2.75) is 6.42 Å². The molecule has 0 aromatic carbocycles. The highest BCUT2D eigenvalue weighted by atomic mass is 32.2. The summed E-state index contributed by atoms with van der Waals surface area (Å²) < 4.78 is 0.399. The van der Waals surface area contributed by atoms with E-state index in [0.29, 0.717) is 27.2 Å². The van der Waals surface area contributed by atoms with Crippen LogP contribution in [-0.2, 0) is 4.79 Å². The molecule has 0 aliphatic heterocycles. The minimum absolute atomic E-state index is 0.0452. The van der Waals surface area contributed by atoms with E-state index >= 15 is 0 Å². The second-order valence-corrected chi connectivity index (χ2v) is 6.05. The second kappa shape index (κ2) is 8.96. The molecule has 0 aliphatic carbocycles. The number of aromatic nitrogens is 2. The van der Waals surface area contributed by atoms with Crippen LogP contribution in [0.2, 0.25) is 0 Å². The van der Waals surface area contributed by atoms with Crippen molar-refractivity contribution in [2.75, 3.05) is 5.75 Å². The van der Waals surface area contributed by atoms with Crippen molar-refractivity contribution in [1.82, 2.24) is 15.4 Å². The van der Waals surface area contributed by atoms with Crippen LogP contribution in [0.25, 0.3) is 0 Å². The van der Waals surface area contributed by atoms with Gasteiger partial charge in [0.05, 0.1) is 17.8 Å². The second-order valence-electron chi connectivity index (χ2n) is 4.28. The molecule has 2 heterocycles. The third-order valence-electron chi connectivity index (χ3n) is 2.62. The summed E-state index contributed by atoms with van der Waals surface area (Å²) in [6.07, 6.45) is 3.39. The zero-order valence-corrected chi connectivity index (χ0v) is 13.7. The highest BCUT2D eigenvalue weighted by molar-refractivity contribution is 8.22. The van der Waals surface area contributed by atoms with E-state index in [2.05, 4.69) is 20.5 Å². The number of hydrogen-bond acceptors (Lipinski definition) is 6. The van der Waals surface area contributed by atoms with Crippen LogP contribution >= 0.6 is 24.0 Å². The molecule has 6 nitrogen and oxygen atoms in total. The molecule has 0 fully saturated rings. The molecule has 8 heteroatoms. The number of nitrogens with zero attached hydrogens (tertiary/aromatic N) is 3. The van der Waals surface area contributed by atoms with Gasteiger partial charge in [0.25, 0.3) is 0 Å². The molecule has 0 saturated heterocycles. The van der Waals surface area contributed by atoms with Crippen LogP contribution in [0.15, 0.2) is 53.9 Å². The van der Waals surface area contributed by atoms with Gasteiger partial charge in [-0.2, -0.15) is 5.10 Å². The summed E-state index contributed by atoms with van der Waals surface area (Å²) in [6.45, 7) is 0. The number of thioether (sulfide) groups is 1. The number of pyridine rings is 2. The van der Waals surface area contributed by atoms with Gasteiger partial charge in [-0.3, -0.25) is 20.2 Å². The Morgan fingerprint density at radius 1 is 1.17 bits per heavy atom. The Bertz CT molecular complexity index is 652. The van der Waals surface area contributed by atoms with Crippen molar-refractivity contribution in [3.05, 3.63) is 60.2 Å². The third kappa shape index (κ3) is 5.76. The van der Waals surface area contributed by atoms with Crippen LogP contribution in [0.1, 0.15) is 17.8 Å². The fourth-order valence-electron chi connectivity index (χ4n) is 1.62. The van der Waals surface area contributed by atoms with E-state index in [0.717, 1.165) is 0 Å². The first-order valence-corrected chi connectivity index (χ1v) is 8.11. The molecule has 2 aromatic rings. The molecule has 0 saturated carbocycles. The molecule has 118 valence electrons. The lowest BCUT2D eigenvalue weighted by Gasteiger charge is -2.07. The number of carboxylic acid groups (broad SMARTS) is 1. The lowest BCUT2D eigenvalue weighted by atomic mass is 10.1. The Morgan fingerprint density at radius 2 is 1.78 bits per heavy atom. The molecule has 0 aliphatic rings. The summed E-state index contributed by atoms with van der Waals surface area (Å²) in [7, 11) is 0. The van der Waals surface area contributed by atoms with Crippen LogP contribution in [0.4, 0.5) is 0 Å². The Morgan fingerprint density at radius 3 is 2.26 bits per heavy atom. The summed E-state index contributed by atoms with van der Waals surface area (Å²) in [5.74, 6) is -0.467. The van der Waals surface area contributed by atoms with Gasteiger partial charge < -0.3 is 5.11 Å². The first kappa shape index (κ1) is 17.0. The fraction of sp³-hybridized carbons (Fsp3) is 0.133. The molecule has 0 unspecified atom stereocenters. The third-order valence-corrected chi connectivity index (χ3v) is 3.83. The predicted octanol–water partition coefficient (Wildman–Crippen LogP) is 2.31. The van der Waals surface area contributed by atoms with Crippen molar-refractivity contribution < 1.29 is 9.90 Å². The molecule has 0 spiro atoms. The van der Waals surface area contributed by atoms with Gasteiger partial charge in [0.1, 0.15) is 5.71 Å². The maximum atomic E-state index is 10.5. The molecular weight excluding hydrogens is 332 g/mol. The van der Waals surface area contributed by atoms with Gasteiger partial charge >= 0.3 is 5.97 Å². The number of aliphatic carboxylic acids is 1. The van der Waals surface area contributed by atoms with Crippen molar-refractivity contribution in [2.24, 2.45) is 5.10 Å². The molecule has 0 atom stereocenters. The number of hydrogen-bond donors (Lipinski definition) is 2. The zero-order valence-electron chi connectivity index (χ0n) is 12.0. The summed E-state index contributed by atoms with van der Waals surface area (Å²) in [4.78, 5) is 19.1. The average molecular weight is 346 g/mol. The number of carboxylic acids is 1. The van der Waals surface area contributed by atoms with Gasteiger partial charge in [-0.1, -0.05) is 36.1 Å². The topological polar surface area (TPSA) is 87.5 Å². The van der Waals surface area contributed by atoms with E-state index in [4.69, 9.17) is 17.3 Å². The highest BCUT2D eigenvalue weighted by Gasteiger charge is 2.10. The molecule has 23 heavy (non-hydrogen) atoms. The van der Waals surface area contributed by atoms with E-state index in [1.54, 1.807) is 12.4 Å². The normalized spacial score (nSPS) is 9.91. The molecular formula is C15H14N4O2S2. The van der Waals surface area contributed by atoms with Gasteiger partial charge in [-0.15, -0.1) is 0 Å². The van der Waals surface area contributed by atoms with Crippen LogP contribution in [0, 0.1) is 0 Å². The first-order chi connectivity index (χ1) is 11.2. The SMILES string of the molecule is O=C(O)CCSC(=S)NN=C(c1ccccn1)c1ccccn1. The van der Waals surface area contributed by atoms with Crippen molar-refractivity contribution in [1.29, 1.82) is 0 Å². The molecule has 0 bridgehead atoms. The number of carbonyl (C=O) groups is 1. The molecule has 0 amide bonds. The van der Waals surface area contributed by atoms with Gasteiger partial charge in [0, 0.05) is 18.1 Å². The number of nitrogens with one attached hydrogen (secondary N) is 1. The Kier molecular flexibility index (Phi) is 6.64. The van der Waals surface area contributed by atoms with E-state index in [1.165, 1.54) is 11.8 Å². The van der Waals surface area contributed by atoms with Crippen molar-refractivity contribution in [3.8, 4) is 0 Å². The van der Waals surface area contributed by atoms with Gasteiger partial charge in [-0.25, -0.2) is 0 Å². The van der Waals surface area contributed by atoms with Crippen LogP contribution in [-0.4, -0.2) is 36.8 Å². The maximum Gasteiger partial charge on any atom is 0.304 e. The quantitative estimate of drug-likeness (QED) is 0.471. The monoisotopic (exact) mass is 346 g/mol. The van der Waals surface area contributed by atoms with E-state index < -0.39 is 5.97 Å². The molecule has 2 aromatic heterocycles. The number of rotatable bonds is 6.